The van der Waals surface area contributed by atoms with Crippen LogP contribution < -0.4 is 14.8 Å². The van der Waals surface area contributed by atoms with Gasteiger partial charge in [-0.1, -0.05) is 31.2 Å². The van der Waals surface area contributed by atoms with Gasteiger partial charge < -0.3 is 19.5 Å². The Balaban J connectivity index is 1.24. The van der Waals surface area contributed by atoms with E-state index >= 15 is 0 Å². The van der Waals surface area contributed by atoms with Crippen LogP contribution in [0, 0.1) is 0 Å². The predicted octanol–water partition coefficient (Wildman–Crippen LogP) is 5.86. The number of amides is 1. The lowest BCUT2D eigenvalue weighted by Crippen LogP contribution is -2.36. The Labute approximate surface area is 254 Å². The van der Waals surface area contributed by atoms with Crippen LogP contribution in [0.5, 0.6) is 11.5 Å². The van der Waals surface area contributed by atoms with Crippen LogP contribution in [0.15, 0.2) is 77.2 Å². The lowest BCUT2D eigenvalue weighted by atomic mass is 10.1. The highest BCUT2D eigenvalue weighted by molar-refractivity contribution is 7.91. The summed E-state index contributed by atoms with van der Waals surface area (Å²) >= 11 is 0. The van der Waals surface area contributed by atoms with Gasteiger partial charge in [-0.15, -0.1) is 0 Å². The minimum atomic E-state index is -3.55. The standard InChI is InChI=1S/C34H40N2O6S/c1-3-17-41-31-10-6-26(7-11-31)24-42-32-12-13-33-28(22-32)21-27(16-20-43(33,38)39)34(37)35-29-8-4-25(5-9-29)23-36(2)30-14-18-40-19-15-30/h4-13,21-22,30H,3,14-20,23-24H2,1-2H3,(H,35,37). The molecule has 228 valence electrons. The summed E-state index contributed by atoms with van der Waals surface area (Å²) < 4.78 is 43.1. The third kappa shape index (κ3) is 8.25. The molecule has 1 fully saturated rings. The molecule has 0 radical (unpaired) electrons. The van der Waals surface area contributed by atoms with Gasteiger partial charge in [-0.25, -0.2) is 8.42 Å². The van der Waals surface area contributed by atoms with E-state index in [1.54, 1.807) is 24.3 Å². The second-order valence-corrected chi connectivity index (χ2v) is 13.2. The van der Waals surface area contributed by atoms with Crippen molar-refractivity contribution in [3.63, 3.8) is 0 Å². The molecule has 3 aromatic carbocycles. The second kappa shape index (κ2) is 14.2. The van der Waals surface area contributed by atoms with Gasteiger partial charge in [0.2, 0.25) is 0 Å². The van der Waals surface area contributed by atoms with Gasteiger partial charge in [0.1, 0.15) is 18.1 Å². The number of nitrogens with zero attached hydrogens (tertiary/aromatic N) is 1. The lowest BCUT2D eigenvalue weighted by Gasteiger charge is -2.31. The summed E-state index contributed by atoms with van der Waals surface area (Å²) in [6.07, 6.45) is 4.81. The maximum Gasteiger partial charge on any atom is 0.251 e. The molecule has 5 rings (SSSR count). The van der Waals surface area contributed by atoms with Gasteiger partial charge >= 0.3 is 0 Å². The molecular formula is C34H40N2O6S. The summed E-state index contributed by atoms with van der Waals surface area (Å²) in [7, 11) is -1.42. The molecule has 1 amide bonds. The van der Waals surface area contributed by atoms with Crippen molar-refractivity contribution in [1.82, 2.24) is 4.90 Å². The number of hydrogen-bond acceptors (Lipinski definition) is 7. The zero-order chi connectivity index (χ0) is 30.2. The maximum atomic E-state index is 13.3. The maximum absolute atomic E-state index is 13.3. The van der Waals surface area contributed by atoms with E-state index in [1.807, 2.05) is 48.5 Å². The average molecular weight is 605 g/mol. The van der Waals surface area contributed by atoms with Crippen molar-refractivity contribution >= 4 is 27.5 Å². The van der Waals surface area contributed by atoms with Gasteiger partial charge in [0.15, 0.2) is 9.84 Å². The van der Waals surface area contributed by atoms with Gasteiger partial charge in [0, 0.05) is 37.1 Å². The molecule has 1 saturated heterocycles. The average Bonchev–Trinajstić information content (AvgIpc) is 3.16. The number of sulfone groups is 1. The third-order valence-electron chi connectivity index (χ3n) is 7.84. The van der Waals surface area contributed by atoms with Crippen molar-refractivity contribution in [2.45, 2.75) is 56.7 Å². The van der Waals surface area contributed by atoms with E-state index in [4.69, 9.17) is 14.2 Å². The number of carbonyl (C=O) groups is 1. The fourth-order valence-corrected chi connectivity index (χ4v) is 6.78. The van der Waals surface area contributed by atoms with E-state index in [1.165, 1.54) is 0 Å². The van der Waals surface area contributed by atoms with Gasteiger partial charge in [-0.3, -0.25) is 9.69 Å². The molecule has 1 N–H and O–H groups in total. The summed E-state index contributed by atoms with van der Waals surface area (Å²) in [6, 6.07) is 20.9. The highest BCUT2D eigenvalue weighted by Gasteiger charge is 2.25. The highest BCUT2D eigenvalue weighted by Crippen LogP contribution is 2.30. The molecule has 0 atom stereocenters. The van der Waals surface area contributed by atoms with E-state index in [0.29, 0.717) is 41.8 Å². The van der Waals surface area contributed by atoms with Crippen molar-refractivity contribution in [3.05, 3.63) is 89.0 Å². The van der Waals surface area contributed by atoms with Gasteiger partial charge in [0.25, 0.3) is 5.91 Å². The minimum Gasteiger partial charge on any atom is -0.494 e. The molecule has 0 unspecified atom stereocenters. The molecule has 9 heteroatoms. The number of nitrogens with one attached hydrogen (secondary N) is 1. The first kappa shape index (κ1) is 30.8. The number of fused-ring (bicyclic) bond motifs is 1. The summed E-state index contributed by atoms with van der Waals surface area (Å²) in [4.78, 5) is 15.8. The minimum absolute atomic E-state index is 0.124. The number of carbonyl (C=O) groups excluding carboxylic acids is 1. The number of anilines is 1. The quantitative estimate of drug-likeness (QED) is 0.293. The molecule has 2 heterocycles. The van der Waals surface area contributed by atoms with Crippen LogP contribution in [0.1, 0.15) is 49.3 Å². The zero-order valence-corrected chi connectivity index (χ0v) is 25.7. The largest absolute Gasteiger partial charge is 0.494 e. The summed E-state index contributed by atoms with van der Waals surface area (Å²) in [5.74, 6) is 0.890. The van der Waals surface area contributed by atoms with E-state index < -0.39 is 9.84 Å². The molecule has 2 aliphatic rings. The fraction of sp³-hybridized carbons (Fsp3) is 0.382. The topological polar surface area (TPSA) is 94.2 Å². The Hall–Kier alpha value is -3.66. The first-order valence-corrected chi connectivity index (χ1v) is 16.6. The van der Waals surface area contributed by atoms with E-state index in [-0.39, 0.29) is 23.0 Å². The van der Waals surface area contributed by atoms with Crippen LogP contribution in [0.4, 0.5) is 5.69 Å². The van der Waals surface area contributed by atoms with Gasteiger partial charge in [-0.05, 0) is 98.0 Å². The van der Waals surface area contributed by atoms with E-state index in [2.05, 4.69) is 24.2 Å². The molecule has 0 saturated carbocycles. The van der Waals surface area contributed by atoms with Crippen molar-refractivity contribution in [3.8, 4) is 11.5 Å². The Morgan fingerprint density at radius 2 is 1.65 bits per heavy atom. The van der Waals surface area contributed by atoms with E-state index in [0.717, 1.165) is 55.9 Å². The number of hydrogen-bond donors (Lipinski definition) is 1. The van der Waals surface area contributed by atoms with Gasteiger partial charge in [0.05, 0.1) is 17.3 Å². The summed E-state index contributed by atoms with van der Waals surface area (Å²) in [5, 5.41) is 2.95. The number of rotatable bonds is 11. The second-order valence-electron chi connectivity index (χ2n) is 11.1. The van der Waals surface area contributed by atoms with Crippen molar-refractivity contribution < 1.29 is 27.4 Å². The summed E-state index contributed by atoms with van der Waals surface area (Å²) in [6.45, 7) is 5.48. The van der Waals surface area contributed by atoms with Crippen molar-refractivity contribution in [2.24, 2.45) is 0 Å². The van der Waals surface area contributed by atoms with Crippen LogP contribution in [-0.4, -0.2) is 57.9 Å². The molecule has 0 aromatic heterocycles. The Morgan fingerprint density at radius 1 is 0.953 bits per heavy atom. The molecule has 3 aromatic rings. The van der Waals surface area contributed by atoms with E-state index in [9.17, 15) is 13.2 Å². The van der Waals surface area contributed by atoms with Crippen LogP contribution in [0.25, 0.3) is 6.08 Å². The molecule has 0 spiro atoms. The van der Waals surface area contributed by atoms with Crippen molar-refractivity contribution in [1.29, 1.82) is 0 Å². The molecule has 43 heavy (non-hydrogen) atoms. The van der Waals surface area contributed by atoms with Crippen LogP contribution in [-0.2, 0) is 32.5 Å². The Morgan fingerprint density at radius 3 is 2.37 bits per heavy atom. The smallest absolute Gasteiger partial charge is 0.251 e. The van der Waals surface area contributed by atoms with Crippen LogP contribution >= 0.6 is 0 Å². The molecule has 8 nitrogen and oxygen atoms in total. The predicted molar refractivity (Wildman–Crippen MR) is 168 cm³/mol. The van der Waals surface area contributed by atoms with Crippen LogP contribution in [0.3, 0.4) is 0 Å². The lowest BCUT2D eigenvalue weighted by molar-refractivity contribution is -0.112. The number of benzene rings is 3. The molecule has 2 aliphatic heterocycles. The van der Waals surface area contributed by atoms with Crippen molar-refractivity contribution in [2.75, 3.05) is 37.9 Å². The Kier molecular flexibility index (Phi) is 10.2. The van der Waals surface area contributed by atoms with Gasteiger partial charge in [-0.2, -0.15) is 0 Å². The van der Waals surface area contributed by atoms with Crippen LogP contribution in [0.2, 0.25) is 0 Å². The normalized spacial score (nSPS) is 16.6. The number of ether oxygens (including phenoxy) is 3. The SMILES string of the molecule is CCCOc1ccc(COc2ccc3c(c2)C=C(C(=O)Nc2ccc(CN(C)C4CCOCC4)cc2)CCS3(=O)=O)cc1. The molecule has 0 aliphatic carbocycles. The molecular weight excluding hydrogens is 564 g/mol. The highest BCUT2D eigenvalue weighted by atomic mass is 32.2. The fourth-order valence-electron chi connectivity index (χ4n) is 5.32. The summed E-state index contributed by atoms with van der Waals surface area (Å²) in [5.41, 5.74) is 3.65. The monoisotopic (exact) mass is 604 g/mol. The first-order chi connectivity index (χ1) is 20.8. The molecule has 0 bridgehead atoms. The zero-order valence-electron chi connectivity index (χ0n) is 24.9. The third-order valence-corrected chi connectivity index (χ3v) is 9.62. The first-order valence-electron chi connectivity index (χ1n) is 14.9. The Bertz CT molecular complexity index is 1530.